The first kappa shape index (κ1) is 15.6. The van der Waals surface area contributed by atoms with Crippen molar-refractivity contribution in [1.82, 2.24) is 0 Å². The van der Waals surface area contributed by atoms with Crippen LogP contribution in [0.1, 0.15) is 27.2 Å². The zero-order valence-electron chi connectivity index (χ0n) is 12.8. The molecule has 1 fully saturated rings. The molecule has 1 N–H and O–H groups in total. The third kappa shape index (κ3) is 3.44. The van der Waals surface area contributed by atoms with Crippen molar-refractivity contribution in [3.63, 3.8) is 0 Å². The molecule has 1 aromatic rings. The van der Waals surface area contributed by atoms with Gasteiger partial charge in [0.05, 0.1) is 17.6 Å². The van der Waals surface area contributed by atoms with Crippen LogP contribution in [0.25, 0.3) is 0 Å². The molecule has 0 amide bonds. The number of benzene rings is 1. The van der Waals surface area contributed by atoms with Crippen LogP contribution >= 0.6 is 0 Å². The van der Waals surface area contributed by atoms with Crippen LogP contribution in [0.2, 0.25) is 0 Å². The van der Waals surface area contributed by atoms with Crippen molar-refractivity contribution >= 4 is 17.1 Å². The Balaban J connectivity index is 2.39. The number of hydrogen-bond acceptors (Lipinski definition) is 5. The van der Waals surface area contributed by atoms with E-state index in [0.29, 0.717) is 24.5 Å². The molecule has 21 heavy (non-hydrogen) atoms. The minimum atomic E-state index is -0.291. The van der Waals surface area contributed by atoms with Gasteiger partial charge in [-0.15, -0.1) is 0 Å². The van der Waals surface area contributed by atoms with Gasteiger partial charge in [0, 0.05) is 19.1 Å². The van der Waals surface area contributed by atoms with Gasteiger partial charge in [-0.05, 0) is 32.4 Å². The molecule has 1 aliphatic rings. The Hall–Kier alpha value is -1.82. The van der Waals surface area contributed by atoms with Crippen molar-refractivity contribution in [3.8, 4) is 0 Å². The largest absolute Gasteiger partial charge is 0.379 e. The topological polar surface area (TPSA) is 67.6 Å². The Morgan fingerprint density at radius 2 is 2.24 bits per heavy atom. The normalized spacial score (nSPS) is 22.1. The predicted molar refractivity (Wildman–Crippen MR) is 84.1 cm³/mol. The number of ether oxygens (including phenoxy) is 1. The molecule has 0 bridgehead atoms. The number of nitrogens with zero attached hydrogens (tertiary/aromatic N) is 2. The summed E-state index contributed by atoms with van der Waals surface area (Å²) in [6.07, 6.45) is 1.000. The summed E-state index contributed by atoms with van der Waals surface area (Å²) < 4.78 is 5.61. The number of rotatable bonds is 5. The number of nitrogens with one attached hydrogen (secondary N) is 1. The van der Waals surface area contributed by atoms with Crippen LogP contribution in [0.4, 0.5) is 17.1 Å². The molecule has 6 nitrogen and oxygen atoms in total. The van der Waals surface area contributed by atoms with E-state index in [1.54, 1.807) is 6.07 Å². The third-order valence-electron chi connectivity index (χ3n) is 3.68. The number of nitro benzene ring substituents is 1. The molecular formula is C15H23N3O3. The quantitative estimate of drug-likeness (QED) is 0.667. The van der Waals surface area contributed by atoms with Gasteiger partial charge in [0.1, 0.15) is 11.4 Å². The molecule has 6 heteroatoms. The van der Waals surface area contributed by atoms with E-state index in [0.717, 1.165) is 13.0 Å². The van der Waals surface area contributed by atoms with Crippen LogP contribution in [-0.4, -0.2) is 36.8 Å². The molecule has 1 saturated heterocycles. The molecule has 1 aromatic carbocycles. The Morgan fingerprint density at radius 3 is 2.90 bits per heavy atom. The first-order chi connectivity index (χ1) is 10.0. The van der Waals surface area contributed by atoms with E-state index in [1.165, 1.54) is 0 Å². The van der Waals surface area contributed by atoms with Gasteiger partial charge in [0.25, 0.3) is 0 Å². The van der Waals surface area contributed by atoms with E-state index >= 15 is 0 Å². The maximum Gasteiger partial charge on any atom is 0.315 e. The van der Waals surface area contributed by atoms with Crippen molar-refractivity contribution in [2.24, 2.45) is 0 Å². The summed E-state index contributed by atoms with van der Waals surface area (Å²) in [6.45, 7) is 8.03. The Labute approximate surface area is 125 Å². The maximum atomic E-state index is 11.5. The molecule has 0 aromatic heterocycles. The second kappa shape index (κ2) is 6.76. The van der Waals surface area contributed by atoms with E-state index in [2.05, 4.69) is 10.2 Å². The van der Waals surface area contributed by atoms with E-state index in [9.17, 15) is 10.1 Å². The van der Waals surface area contributed by atoms with Crippen LogP contribution in [0.15, 0.2) is 18.2 Å². The van der Waals surface area contributed by atoms with Crippen molar-refractivity contribution in [3.05, 3.63) is 28.3 Å². The summed E-state index contributed by atoms with van der Waals surface area (Å²) in [4.78, 5) is 13.3. The minimum Gasteiger partial charge on any atom is -0.379 e. The third-order valence-corrected chi connectivity index (χ3v) is 3.68. The van der Waals surface area contributed by atoms with Crippen LogP contribution in [0.3, 0.4) is 0 Å². The molecule has 0 radical (unpaired) electrons. The highest BCUT2D eigenvalue weighted by atomic mass is 16.6. The molecule has 2 unspecified atom stereocenters. The summed E-state index contributed by atoms with van der Waals surface area (Å²) in [5.74, 6) is 0. The van der Waals surface area contributed by atoms with Crippen molar-refractivity contribution in [1.29, 1.82) is 0 Å². The molecular weight excluding hydrogens is 270 g/mol. The first-order valence-corrected chi connectivity index (χ1v) is 7.44. The highest BCUT2D eigenvalue weighted by Crippen LogP contribution is 2.37. The van der Waals surface area contributed by atoms with Gasteiger partial charge >= 0.3 is 5.69 Å². The second-order valence-electron chi connectivity index (χ2n) is 5.50. The highest BCUT2D eigenvalue weighted by Gasteiger charge is 2.30. The van der Waals surface area contributed by atoms with Crippen molar-refractivity contribution in [2.75, 3.05) is 29.9 Å². The lowest BCUT2D eigenvalue weighted by Gasteiger charge is -2.38. The highest BCUT2D eigenvalue weighted by molar-refractivity contribution is 5.77. The molecule has 0 saturated carbocycles. The summed E-state index contributed by atoms with van der Waals surface area (Å²) >= 11 is 0. The molecule has 1 heterocycles. The number of para-hydroxylation sites is 1. The molecule has 0 spiro atoms. The lowest BCUT2D eigenvalue weighted by molar-refractivity contribution is -0.383. The van der Waals surface area contributed by atoms with Gasteiger partial charge in [0.15, 0.2) is 0 Å². The number of anilines is 2. The molecule has 0 aliphatic carbocycles. The zero-order chi connectivity index (χ0) is 15.4. The van der Waals surface area contributed by atoms with E-state index in [4.69, 9.17) is 4.74 Å². The van der Waals surface area contributed by atoms with Gasteiger partial charge in [-0.2, -0.15) is 0 Å². The van der Waals surface area contributed by atoms with E-state index in [-0.39, 0.29) is 22.8 Å². The summed E-state index contributed by atoms with van der Waals surface area (Å²) in [5, 5.41) is 14.7. The second-order valence-corrected chi connectivity index (χ2v) is 5.50. The van der Waals surface area contributed by atoms with E-state index < -0.39 is 0 Å². The number of hydrogen-bond donors (Lipinski definition) is 1. The van der Waals surface area contributed by atoms with Crippen LogP contribution in [-0.2, 0) is 4.74 Å². The fourth-order valence-electron chi connectivity index (χ4n) is 2.60. The Bertz CT molecular complexity index is 507. The van der Waals surface area contributed by atoms with Crippen molar-refractivity contribution < 1.29 is 9.66 Å². The SMILES string of the molecule is CCCNc1cccc(N2CC(C)OCC2C)c1[N+](=O)[O-]. The molecule has 2 rings (SSSR count). The number of nitro groups is 1. The molecule has 1 aliphatic heterocycles. The first-order valence-electron chi connectivity index (χ1n) is 7.44. The summed E-state index contributed by atoms with van der Waals surface area (Å²) in [6, 6.07) is 5.59. The fourth-order valence-corrected chi connectivity index (χ4v) is 2.60. The van der Waals surface area contributed by atoms with Gasteiger partial charge in [0.2, 0.25) is 0 Å². The van der Waals surface area contributed by atoms with Crippen LogP contribution in [0, 0.1) is 10.1 Å². The predicted octanol–water partition coefficient (Wildman–Crippen LogP) is 3.03. The standard InChI is InChI=1S/C15H23N3O3/c1-4-8-16-13-6-5-7-14(15(13)18(19)20)17-9-12(3)21-10-11(17)2/h5-7,11-12,16H,4,8-10H2,1-3H3. The fraction of sp³-hybridized carbons (Fsp3) is 0.600. The lowest BCUT2D eigenvalue weighted by atomic mass is 10.1. The Morgan fingerprint density at radius 1 is 1.48 bits per heavy atom. The minimum absolute atomic E-state index is 0.0769. The van der Waals surface area contributed by atoms with Gasteiger partial charge in [-0.3, -0.25) is 10.1 Å². The van der Waals surface area contributed by atoms with Gasteiger partial charge in [-0.1, -0.05) is 13.0 Å². The van der Waals surface area contributed by atoms with Crippen LogP contribution < -0.4 is 10.2 Å². The van der Waals surface area contributed by atoms with Gasteiger partial charge in [-0.25, -0.2) is 0 Å². The lowest BCUT2D eigenvalue weighted by Crippen LogP contribution is -2.47. The monoisotopic (exact) mass is 293 g/mol. The molecule has 2 atom stereocenters. The summed E-state index contributed by atoms with van der Waals surface area (Å²) in [5.41, 5.74) is 1.42. The van der Waals surface area contributed by atoms with Crippen LogP contribution in [0.5, 0.6) is 0 Å². The smallest absolute Gasteiger partial charge is 0.315 e. The average molecular weight is 293 g/mol. The Kier molecular flexibility index (Phi) is 5.01. The zero-order valence-corrected chi connectivity index (χ0v) is 12.8. The van der Waals surface area contributed by atoms with Crippen molar-refractivity contribution in [2.45, 2.75) is 39.3 Å². The van der Waals surface area contributed by atoms with E-state index in [1.807, 2.05) is 32.9 Å². The number of morpholine rings is 1. The summed E-state index contributed by atoms with van der Waals surface area (Å²) in [7, 11) is 0. The van der Waals surface area contributed by atoms with Gasteiger partial charge < -0.3 is 15.0 Å². The average Bonchev–Trinajstić information content (AvgIpc) is 2.47. The molecule has 116 valence electrons. The maximum absolute atomic E-state index is 11.5.